The van der Waals surface area contributed by atoms with Gasteiger partial charge in [-0.15, -0.1) is 0 Å². The minimum atomic E-state index is 0.350. The molecule has 0 aromatic heterocycles. The predicted octanol–water partition coefficient (Wildman–Crippen LogP) is 3.36. The molecule has 3 atom stereocenters. The van der Waals surface area contributed by atoms with Gasteiger partial charge in [0.2, 0.25) is 0 Å². The van der Waals surface area contributed by atoms with Crippen LogP contribution in [-0.2, 0) is 4.74 Å². The van der Waals surface area contributed by atoms with Gasteiger partial charge in [-0.2, -0.15) is 0 Å². The zero-order valence-corrected chi connectivity index (χ0v) is 12.2. The molecule has 1 N–H and O–H groups in total. The van der Waals surface area contributed by atoms with Crippen LogP contribution in [0.1, 0.15) is 59.3 Å². The third-order valence-electron chi connectivity index (χ3n) is 5.94. The van der Waals surface area contributed by atoms with Crippen LogP contribution in [0.25, 0.3) is 0 Å². The Balaban J connectivity index is 1.54. The lowest BCUT2D eigenvalue weighted by atomic mass is 9.57. The summed E-state index contributed by atoms with van der Waals surface area (Å²) in [6, 6.07) is 1.48. The van der Waals surface area contributed by atoms with Gasteiger partial charge in [0, 0.05) is 30.0 Å². The second-order valence-corrected chi connectivity index (χ2v) is 7.34. The summed E-state index contributed by atoms with van der Waals surface area (Å²) < 4.78 is 5.88. The van der Waals surface area contributed by atoms with Crippen molar-refractivity contribution in [3.8, 4) is 0 Å². The molecule has 3 fully saturated rings. The van der Waals surface area contributed by atoms with E-state index in [-0.39, 0.29) is 0 Å². The number of fused-ring (bicyclic) bond motifs is 1. The molecule has 2 saturated carbocycles. The van der Waals surface area contributed by atoms with Crippen LogP contribution in [0.4, 0.5) is 0 Å². The van der Waals surface area contributed by atoms with E-state index in [0.29, 0.717) is 17.6 Å². The molecule has 1 heterocycles. The summed E-state index contributed by atoms with van der Waals surface area (Å²) in [5.41, 5.74) is 0.350. The fourth-order valence-electron chi connectivity index (χ4n) is 4.65. The molecular formula is C16H29NO. The van der Waals surface area contributed by atoms with Gasteiger partial charge in [-0.25, -0.2) is 0 Å². The highest BCUT2D eigenvalue weighted by Gasteiger charge is 2.59. The first-order valence-corrected chi connectivity index (χ1v) is 8.00. The van der Waals surface area contributed by atoms with Gasteiger partial charge in [-0.1, -0.05) is 27.2 Å². The lowest BCUT2D eigenvalue weighted by Gasteiger charge is -2.56. The molecule has 0 radical (unpaired) electrons. The third kappa shape index (κ3) is 2.02. The van der Waals surface area contributed by atoms with Crippen LogP contribution in [0.2, 0.25) is 0 Å². The minimum Gasteiger partial charge on any atom is -0.377 e. The summed E-state index contributed by atoms with van der Waals surface area (Å²) >= 11 is 0. The van der Waals surface area contributed by atoms with Crippen molar-refractivity contribution >= 4 is 0 Å². The van der Waals surface area contributed by atoms with E-state index in [4.69, 9.17) is 4.74 Å². The Morgan fingerprint density at radius 3 is 2.50 bits per heavy atom. The second-order valence-electron chi connectivity index (χ2n) is 7.34. The first-order chi connectivity index (χ1) is 8.63. The van der Waals surface area contributed by atoms with Gasteiger partial charge in [0.05, 0.1) is 6.10 Å². The average Bonchev–Trinajstić information content (AvgIpc) is 2.83. The molecule has 0 spiro atoms. The molecule has 1 saturated heterocycles. The molecule has 104 valence electrons. The van der Waals surface area contributed by atoms with E-state index in [9.17, 15) is 0 Å². The van der Waals surface area contributed by atoms with Crippen molar-refractivity contribution in [1.82, 2.24) is 5.32 Å². The van der Waals surface area contributed by atoms with E-state index in [1.165, 1.54) is 38.5 Å². The van der Waals surface area contributed by atoms with E-state index in [1.807, 2.05) is 0 Å². The van der Waals surface area contributed by atoms with Crippen LogP contribution in [0.15, 0.2) is 0 Å². The van der Waals surface area contributed by atoms with Crippen LogP contribution in [-0.4, -0.2) is 24.8 Å². The highest BCUT2D eigenvalue weighted by atomic mass is 16.5. The highest BCUT2D eigenvalue weighted by molar-refractivity contribution is 5.11. The second kappa shape index (κ2) is 4.79. The lowest BCUT2D eigenvalue weighted by molar-refractivity contribution is -0.116. The number of hydrogen-bond donors (Lipinski definition) is 1. The largest absolute Gasteiger partial charge is 0.377 e. The average molecular weight is 251 g/mol. The van der Waals surface area contributed by atoms with Gasteiger partial charge < -0.3 is 10.1 Å². The van der Waals surface area contributed by atoms with Gasteiger partial charge in [-0.05, 0) is 38.0 Å². The summed E-state index contributed by atoms with van der Waals surface area (Å²) in [5, 5.41) is 3.98. The molecule has 3 aliphatic rings. The van der Waals surface area contributed by atoms with Gasteiger partial charge >= 0.3 is 0 Å². The van der Waals surface area contributed by atoms with Gasteiger partial charge in [0.15, 0.2) is 0 Å². The number of ether oxygens (including phenoxy) is 1. The Hall–Kier alpha value is -0.0800. The number of nitrogens with one attached hydrogen (secondary N) is 1. The first-order valence-electron chi connectivity index (χ1n) is 8.00. The van der Waals surface area contributed by atoms with Crippen LogP contribution >= 0.6 is 0 Å². The maximum Gasteiger partial charge on any atom is 0.0685 e. The molecule has 2 aliphatic carbocycles. The predicted molar refractivity (Wildman–Crippen MR) is 74.6 cm³/mol. The van der Waals surface area contributed by atoms with E-state index in [1.54, 1.807) is 0 Å². The highest BCUT2D eigenvalue weighted by Crippen LogP contribution is 2.52. The van der Waals surface area contributed by atoms with E-state index < -0.39 is 0 Å². The number of rotatable bonds is 3. The fourth-order valence-corrected chi connectivity index (χ4v) is 4.65. The SMILES string of the molecule is CCC1CCC(NC2C3CCOC3C2(C)C)CC1. The first kappa shape index (κ1) is 12.9. The molecule has 0 amide bonds. The van der Waals surface area contributed by atoms with Crippen molar-refractivity contribution in [1.29, 1.82) is 0 Å². The van der Waals surface area contributed by atoms with Crippen LogP contribution in [0, 0.1) is 17.3 Å². The van der Waals surface area contributed by atoms with Crippen LogP contribution in [0.3, 0.4) is 0 Å². The fraction of sp³-hybridized carbons (Fsp3) is 1.00. The topological polar surface area (TPSA) is 21.3 Å². The standard InChI is InChI=1S/C16H29NO/c1-4-11-5-7-12(8-6-11)17-14-13-9-10-18-15(13)16(14,2)3/h11-15,17H,4-10H2,1-3H3. The molecule has 2 heteroatoms. The molecule has 1 aliphatic heterocycles. The minimum absolute atomic E-state index is 0.350. The van der Waals surface area contributed by atoms with Crippen molar-refractivity contribution in [2.45, 2.75) is 77.5 Å². The summed E-state index contributed by atoms with van der Waals surface area (Å²) in [5.74, 6) is 1.80. The summed E-state index contributed by atoms with van der Waals surface area (Å²) in [7, 11) is 0. The van der Waals surface area contributed by atoms with Crippen LogP contribution in [0.5, 0.6) is 0 Å². The molecule has 0 bridgehead atoms. The Kier molecular flexibility index (Phi) is 3.44. The van der Waals surface area contributed by atoms with E-state index >= 15 is 0 Å². The smallest absolute Gasteiger partial charge is 0.0685 e. The Morgan fingerprint density at radius 2 is 1.83 bits per heavy atom. The normalized spacial score (nSPS) is 46.5. The van der Waals surface area contributed by atoms with Crippen molar-refractivity contribution in [3.05, 3.63) is 0 Å². The lowest BCUT2D eigenvalue weighted by Crippen LogP contribution is -2.67. The molecule has 2 nitrogen and oxygen atoms in total. The Labute approximate surface area is 112 Å². The van der Waals surface area contributed by atoms with E-state index in [2.05, 4.69) is 26.1 Å². The van der Waals surface area contributed by atoms with Crippen molar-refractivity contribution in [2.24, 2.45) is 17.3 Å². The quantitative estimate of drug-likeness (QED) is 0.830. The monoisotopic (exact) mass is 251 g/mol. The van der Waals surface area contributed by atoms with Gasteiger partial charge in [0.1, 0.15) is 0 Å². The zero-order valence-electron chi connectivity index (χ0n) is 12.2. The summed E-state index contributed by atoms with van der Waals surface area (Å²) in [6.07, 6.45) is 8.84. The molecular weight excluding hydrogens is 222 g/mol. The molecule has 3 unspecified atom stereocenters. The van der Waals surface area contributed by atoms with Crippen LogP contribution < -0.4 is 5.32 Å². The Bertz CT molecular complexity index is 293. The van der Waals surface area contributed by atoms with E-state index in [0.717, 1.165) is 24.5 Å². The Morgan fingerprint density at radius 1 is 1.11 bits per heavy atom. The summed E-state index contributed by atoms with van der Waals surface area (Å²) in [4.78, 5) is 0. The van der Waals surface area contributed by atoms with Gasteiger partial charge in [0.25, 0.3) is 0 Å². The molecule has 3 rings (SSSR count). The summed E-state index contributed by atoms with van der Waals surface area (Å²) in [6.45, 7) is 8.09. The molecule has 18 heavy (non-hydrogen) atoms. The molecule has 0 aromatic rings. The van der Waals surface area contributed by atoms with Crippen molar-refractivity contribution in [3.63, 3.8) is 0 Å². The maximum absolute atomic E-state index is 5.88. The zero-order chi connectivity index (χ0) is 12.8. The van der Waals surface area contributed by atoms with Crippen molar-refractivity contribution in [2.75, 3.05) is 6.61 Å². The van der Waals surface area contributed by atoms with Gasteiger partial charge in [-0.3, -0.25) is 0 Å². The molecule has 0 aromatic carbocycles. The third-order valence-corrected chi connectivity index (χ3v) is 5.94. The number of hydrogen-bond acceptors (Lipinski definition) is 2. The van der Waals surface area contributed by atoms with Crippen molar-refractivity contribution < 1.29 is 4.74 Å². The maximum atomic E-state index is 5.88.